The third-order valence-electron chi connectivity index (χ3n) is 4.39. The van der Waals surface area contributed by atoms with Gasteiger partial charge in [-0.1, -0.05) is 18.2 Å². The summed E-state index contributed by atoms with van der Waals surface area (Å²) in [6.07, 6.45) is 3.87. The smallest absolute Gasteiger partial charge is 0.321 e. The number of carbonyl (C=O) groups excluding carboxylic acids is 1. The Balaban J connectivity index is 1.71. The number of para-hydroxylation sites is 1. The minimum atomic E-state index is -3.18. The lowest BCUT2D eigenvalue weighted by Crippen LogP contribution is -2.40. The van der Waals surface area contributed by atoms with Gasteiger partial charge in [0.25, 0.3) is 0 Å². The number of hydrogen-bond acceptors (Lipinski definition) is 5. The second-order valence-electron chi connectivity index (χ2n) is 6.73. The quantitative estimate of drug-likeness (QED) is 0.846. The standard InChI is InChI=1S/C18H23N3O3S2/c1-13-11-25-17(19-13)10-15-7-5-9-21(15)18(22)20-16-8-4-3-6-14(16)12-26(2,23)24/h3-4,6,8,11,15H,5,7,9-10,12H2,1-2H3,(H,20,22). The number of urea groups is 1. The van der Waals surface area contributed by atoms with E-state index >= 15 is 0 Å². The fraction of sp³-hybridized carbons (Fsp3) is 0.444. The molecule has 0 saturated carbocycles. The van der Waals surface area contributed by atoms with Crippen LogP contribution in [0.3, 0.4) is 0 Å². The Morgan fingerprint density at radius 2 is 2.15 bits per heavy atom. The molecule has 1 N–H and O–H groups in total. The first-order chi connectivity index (χ1) is 12.3. The van der Waals surface area contributed by atoms with Gasteiger partial charge in [-0.3, -0.25) is 0 Å². The highest BCUT2D eigenvalue weighted by Crippen LogP contribution is 2.25. The molecular formula is C18H23N3O3S2. The van der Waals surface area contributed by atoms with Crippen molar-refractivity contribution in [1.29, 1.82) is 0 Å². The number of rotatable bonds is 5. The molecule has 1 saturated heterocycles. The van der Waals surface area contributed by atoms with Crippen molar-refractivity contribution in [1.82, 2.24) is 9.88 Å². The highest BCUT2D eigenvalue weighted by Gasteiger charge is 2.30. The molecule has 6 nitrogen and oxygen atoms in total. The minimum absolute atomic E-state index is 0.0920. The van der Waals surface area contributed by atoms with Gasteiger partial charge in [-0.2, -0.15) is 0 Å². The summed E-state index contributed by atoms with van der Waals surface area (Å²) in [7, 11) is -3.18. The highest BCUT2D eigenvalue weighted by molar-refractivity contribution is 7.89. The summed E-state index contributed by atoms with van der Waals surface area (Å²) >= 11 is 1.63. The molecule has 1 atom stereocenters. The summed E-state index contributed by atoms with van der Waals surface area (Å²) in [5, 5.41) is 5.97. The number of nitrogens with one attached hydrogen (secondary N) is 1. The third kappa shape index (κ3) is 4.82. The van der Waals surface area contributed by atoms with Crippen LogP contribution in [0, 0.1) is 6.92 Å². The molecule has 1 aliphatic rings. The summed E-state index contributed by atoms with van der Waals surface area (Å²) in [5.74, 6) is -0.0920. The molecule has 0 aliphatic carbocycles. The van der Waals surface area contributed by atoms with Crippen molar-refractivity contribution in [3.8, 4) is 0 Å². The summed E-state index contributed by atoms with van der Waals surface area (Å²) in [6.45, 7) is 2.67. The van der Waals surface area contributed by atoms with E-state index in [9.17, 15) is 13.2 Å². The number of sulfone groups is 1. The zero-order valence-electron chi connectivity index (χ0n) is 14.9. The molecule has 0 spiro atoms. The maximum Gasteiger partial charge on any atom is 0.322 e. The van der Waals surface area contributed by atoms with E-state index in [-0.39, 0.29) is 17.8 Å². The summed E-state index contributed by atoms with van der Waals surface area (Å²) in [4.78, 5) is 19.1. The molecule has 2 heterocycles. The van der Waals surface area contributed by atoms with Crippen molar-refractivity contribution in [3.05, 3.63) is 45.9 Å². The van der Waals surface area contributed by atoms with E-state index in [0.29, 0.717) is 17.8 Å². The molecule has 2 aromatic rings. The number of nitrogens with zero attached hydrogens (tertiary/aromatic N) is 2. The van der Waals surface area contributed by atoms with Crippen LogP contribution in [0.25, 0.3) is 0 Å². The van der Waals surface area contributed by atoms with E-state index < -0.39 is 9.84 Å². The van der Waals surface area contributed by atoms with Crippen LogP contribution in [0.1, 0.15) is 29.1 Å². The molecule has 26 heavy (non-hydrogen) atoms. The van der Waals surface area contributed by atoms with Crippen molar-refractivity contribution in [2.24, 2.45) is 0 Å². The zero-order valence-corrected chi connectivity index (χ0v) is 16.6. The number of benzene rings is 1. The average molecular weight is 394 g/mol. The van der Waals surface area contributed by atoms with Gasteiger partial charge in [0.15, 0.2) is 9.84 Å². The molecular weight excluding hydrogens is 370 g/mol. The van der Waals surface area contributed by atoms with Crippen LogP contribution >= 0.6 is 11.3 Å². The number of amides is 2. The Bertz CT molecular complexity index is 893. The van der Waals surface area contributed by atoms with E-state index in [1.807, 2.05) is 17.2 Å². The first-order valence-electron chi connectivity index (χ1n) is 8.56. The Hall–Kier alpha value is -1.93. The second kappa shape index (κ2) is 7.75. The fourth-order valence-corrected chi connectivity index (χ4v) is 4.91. The van der Waals surface area contributed by atoms with Gasteiger partial charge in [-0.15, -0.1) is 11.3 Å². The molecule has 3 rings (SSSR count). The lowest BCUT2D eigenvalue weighted by atomic mass is 10.1. The van der Waals surface area contributed by atoms with Gasteiger partial charge >= 0.3 is 6.03 Å². The monoisotopic (exact) mass is 393 g/mol. The van der Waals surface area contributed by atoms with Crippen LogP contribution in [-0.2, 0) is 22.0 Å². The molecule has 2 amide bonds. The molecule has 1 unspecified atom stereocenters. The van der Waals surface area contributed by atoms with Gasteiger partial charge in [-0.25, -0.2) is 18.2 Å². The molecule has 1 aromatic heterocycles. The van der Waals surface area contributed by atoms with Crippen molar-refractivity contribution < 1.29 is 13.2 Å². The molecule has 8 heteroatoms. The fourth-order valence-electron chi connectivity index (χ4n) is 3.25. The van der Waals surface area contributed by atoms with Crippen molar-refractivity contribution in [3.63, 3.8) is 0 Å². The van der Waals surface area contributed by atoms with Crippen LogP contribution < -0.4 is 5.32 Å². The Morgan fingerprint density at radius 3 is 2.85 bits per heavy atom. The molecule has 1 fully saturated rings. The Morgan fingerprint density at radius 1 is 1.38 bits per heavy atom. The van der Waals surface area contributed by atoms with Crippen molar-refractivity contribution in [2.45, 2.75) is 38.0 Å². The predicted octanol–water partition coefficient (Wildman–Crippen LogP) is 3.24. The third-order valence-corrected chi connectivity index (χ3v) is 6.22. The van der Waals surface area contributed by atoms with E-state index in [2.05, 4.69) is 10.3 Å². The SMILES string of the molecule is Cc1csc(CC2CCCN2C(=O)Nc2ccccc2CS(C)(=O)=O)n1. The molecule has 1 aliphatic heterocycles. The number of hydrogen-bond donors (Lipinski definition) is 1. The van der Waals surface area contributed by atoms with Crippen LogP contribution in [-0.4, -0.2) is 43.2 Å². The minimum Gasteiger partial charge on any atom is -0.321 e. The zero-order chi connectivity index (χ0) is 18.7. The van der Waals surface area contributed by atoms with E-state index in [0.717, 1.165) is 30.0 Å². The lowest BCUT2D eigenvalue weighted by Gasteiger charge is -2.25. The van der Waals surface area contributed by atoms with Gasteiger partial charge in [-0.05, 0) is 31.4 Å². The van der Waals surface area contributed by atoms with Gasteiger partial charge < -0.3 is 10.2 Å². The van der Waals surface area contributed by atoms with Gasteiger partial charge in [0, 0.05) is 42.0 Å². The normalized spacial score (nSPS) is 17.5. The molecule has 0 radical (unpaired) electrons. The van der Waals surface area contributed by atoms with Gasteiger partial charge in [0.05, 0.1) is 10.8 Å². The van der Waals surface area contributed by atoms with Crippen LogP contribution in [0.15, 0.2) is 29.6 Å². The maximum atomic E-state index is 12.8. The van der Waals surface area contributed by atoms with Crippen LogP contribution in [0.5, 0.6) is 0 Å². The van der Waals surface area contributed by atoms with Crippen LogP contribution in [0.4, 0.5) is 10.5 Å². The largest absolute Gasteiger partial charge is 0.322 e. The first-order valence-corrected chi connectivity index (χ1v) is 11.5. The van der Waals surface area contributed by atoms with Gasteiger partial charge in [0.2, 0.25) is 0 Å². The number of carbonyl (C=O) groups is 1. The predicted molar refractivity (Wildman–Crippen MR) is 104 cm³/mol. The lowest BCUT2D eigenvalue weighted by molar-refractivity contribution is 0.206. The van der Waals surface area contributed by atoms with Crippen LogP contribution in [0.2, 0.25) is 0 Å². The Kier molecular flexibility index (Phi) is 5.62. The number of likely N-dealkylation sites (tertiary alicyclic amines) is 1. The average Bonchev–Trinajstić information content (AvgIpc) is 3.17. The second-order valence-corrected chi connectivity index (χ2v) is 9.82. The summed E-state index contributed by atoms with van der Waals surface area (Å²) in [5.41, 5.74) is 2.17. The molecule has 1 aromatic carbocycles. The maximum absolute atomic E-state index is 12.8. The van der Waals surface area contributed by atoms with E-state index in [1.54, 1.807) is 35.6 Å². The number of aromatic nitrogens is 1. The van der Waals surface area contributed by atoms with Crippen molar-refractivity contribution in [2.75, 3.05) is 18.1 Å². The Labute approximate surface area is 158 Å². The number of thiazole rings is 1. The number of anilines is 1. The van der Waals surface area contributed by atoms with Crippen molar-refractivity contribution >= 4 is 32.9 Å². The van der Waals surface area contributed by atoms with Gasteiger partial charge in [0.1, 0.15) is 0 Å². The topological polar surface area (TPSA) is 79.4 Å². The van der Waals surface area contributed by atoms with E-state index in [4.69, 9.17) is 0 Å². The molecule has 0 bridgehead atoms. The summed E-state index contributed by atoms with van der Waals surface area (Å²) < 4.78 is 23.2. The molecule has 140 valence electrons. The number of aryl methyl sites for hydroxylation is 1. The highest BCUT2D eigenvalue weighted by atomic mass is 32.2. The first kappa shape index (κ1) is 18.8. The summed E-state index contributed by atoms with van der Waals surface area (Å²) in [6, 6.07) is 7.00. The van der Waals surface area contributed by atoms with E-state index in [1.165, 1.54) is 6.26 Å².